The average Bonchev–Trinajstić information content (AvgIpc) is 2.98. The zero-order valence-corrected chi connectivity index (χ0v) is 15.9. The van der Waals surface area contributed by atoms with E-state index in [1.165, 1.54) is 14.2 Å². The molecular weight excluding hydrogens is 348 g/mol. The molecule has 0 spiro atoms. The van der Waals surface area contributed by atoms with Gasteiger partial charge in [-0.05, 0) is 19.3 Å². The predicted molar refractivity (Wildman–Crippen MR) is 94.6 cm³/mol. The quantitative estimate of drug-likeness (QED) is 0.361. The summed E-state index contributed by atoms with van der Waals surface area (Å²) in [6.45, 7) is 2.42. The van der Waals surface area contributed by atoms with Crippen molar-refractivity contribution in [2.45, 2.75) is 56.4 Å². The van der Waals surface area contributed by atoms with Gasteiger partial charge in [0.1, 0.15) is 0 Å². The Bertz CT molecular complexity index is 448. The third-order valence-electron chi connectivity index (χ3n) is 3.87. The van der Waals surface area contributed by atoms with Gasteiger partial charge in [-0.25, -0.2) is 9.59 Å². The Morgan fingerprint density at radius 3 is 2.40 bits per heavy atom. The van der Waals surface area contributed by atoms with E-state index in [0.29, 0.717) is 18.8 Å². The van der Waals surface area contributed by atoms with Gasteiger partial charge in [0.05, 0.1) is 32.9 Å². The van der Waals surface area contributed by atoms with Gasteiger partial charge in [0.25, 0.3) is 0 Å². The first-order valence-corrected chi connectivity index (χ1v) is 9.52. The van der Waals surface area contributed by atoms with Crippen molar-refractivity contribution < 1.29 is 28.6 Å². The molecule has 0 unspecified atom stereocenters. The molecule has 9 heteroatoms. The lowest BCUT2D eigenvalue weighted by molar-refractivity contribution is -0.143. The van der Waals surface area contributed by atoms with E-state index < -0.39 is 12.2 Å². The maximum Gasteiger partial charge on any atom is 0.407 e. The molecule has 25 heavy (non-hydrogen) atoms. The number of carbonyl (C=O) groups excluding carboxylic acids is 3. The summed E-state index contributed by atoms with van der Waals surface area (Å²) in [6, 6.07) is -0.473. The molecule has 2 N–H and O–H groups in total. The number of nitrogens with one attached hydrogen (secondary N) is 2. The third-order valence-corrected chi connectivity index (χ3v) is 5.38. The van der Waals surface area contributed by atoms with Gasteiger partial charge >= 0.3 is 18.2 Å². The van der Waals surface area contributed by atoms with Crippen LogP contribution in [0.2, 0.25) is 0 Å². The minimum Gasteiger partial charge on any atom is -0.466 e. The number of methoxy groups -OCH3 is 2. The molecule has 3 atom stereocenters. The van der Waals surface area contributed by atoms with Crippen molar-refractivity contribution in [2.75, 3.05) is 26.6 Å². The number of amides is 2. The smallest absolute Gasteiger partial charge is 0.407 e. The molecule has 0 aromatic rings. The van der Waals surface area contributed by atoms with E-state index in [1.54, 1.807) is 11.8 Å². The van der Waals surface area contributed by atoms with Crippen molar-refractivity contribution in [3.8, 4) is 0 Å². The zero-order chi connectivity index (χ0) is 18.7. The third kappa shape index (κ3) is 7.85. The molecule has 1 heterocycles. The molecule has 1 saturated heterocycles. The topological polar surface area (TPSA) is 103 Å². The molecular formula is C16H28N2O6S. The maximum atomic E-state index is 11.6. The Morgan fingerprint density at radius 2 is 1.76 bits per heavy atom. The number of unbranched alkanes of at least 4 members (excludes halogenated alkanes) is 1. The highest BCUT2D eigenvalue weighted by molar-refractivity contribution is 8.00. The van der Waals surface area contributed by atoms with Crippen LogP contribution in [0.15, 0.2) is 0 Å². The van der Waals surface area contributed by atoms with Crippen LogP contribution in [0.4, 0.5) is 9.59 Å². The van der Waals surface area contributed by atoms with E-state index in [1.807, 2.05) is 6.92 Å². The summed E-state index contributed by atoms with van der Waals surface area (Å²) in [4.78, 5) is 34.5. The molecule has 1 aliphatic heterocycles. The van der Waals surface area contributed by atoms with E-state index in [2.05, 4.69) is 20.1 Å². The Hall–Kier alpha value is -1.64. The second-order valence-electron chi connectivity index (χ2n) is 5.74. The van der Waals surface area contributed by atoms with Gasteiger partial charge in [-0.1, -0.05) is 13.3 Å². The molecule has 0 aliphatic carbocycles. The van der Waals surface area contributed by atoms with Gasteiger partial charge in [0.15, 0.2) is 0 Å². The Labute approximate surface area is 152 Å². The Balaban J connectivity index is 2.45. The van der Waals surface area contributed by atoms with Crippen LogP contribution in [-0.2, 0) is 19.0 Å². The number of thioether (sulfide) groups is 1. The molecule has 8 nitrogen and oxygen atoms in total. The van der Waals surface area contributed by atoms with E-state index in [0.717, 1.165) is 25.7 Å². The predicted octanol–water partition coefficient (Wildman–Crippen LogP) is 2.06. The highest BCUT2D eigenvalue weighted by Crippen LogP contribution is 2.31. The van der Waals surface area contributed by atoms with E-state index in [4.69, 9.17) is 4.74 Å². The van der Waals surface area contributed by atoms with E-state index in [-0.39, 0.29) is 23.3 Å². The van der Waals surface area contributed by atoms with Gasteiger partial charge in [-0.3, -0.25) is 4.79 Å². The summed E-state index contributed by atoms with van der Waals surface area (Å²) in [5.41, 5.74) is 0. The van der Waals surface area contributed by atoms with Gasteiger partial charge in [-0.15, -0.1) is 0 Å². The summed E-state index contributed by atoms with van der Waals surface area (Å²) >= 11 is 1.68. The first kappa shape index (κ1) is 21.4. The van der Waals surface area contributed by atoms with E-state index in [9.17, 15) is 14.4 Å². The monoisotopic (exact) mass is 376 g/mol. The first-order valence-electron chi connectivity index (χ1n) is 8.48. The summed E-state index contributed by atoms with van der Waals surface area (Å²) < 4.78 is 14.3. The first-order chi connectivity index (χ1) is 12.0. The van der Waals surface area contributed by atoms with Crippen LogP contribution in [0.1, 0.15) is 39.0 Å². The number of ether oxygens (including phenoxy) is 3. The minimum atomic E-state index is -0.530. The Kier molecular flexibility index (Phi) is 10.1. The van der Waals surface area contributed by atoms with Crippen molar-refractivity contribution in [3.05, 3.63) is 0 Å². The highest BCUT2D eigenvalue weighted by Gasteiger charge is 2.38. The summed E-state index contributed by atoms with van der Waals surface area (Å²) in [5, 5.41) is 5.67. The standard InChI is InChI=1S/C16H28N2O6S/c1-4-9-24-13(19)8-6-5-7-12-14(18-16(21)23-3)11(10-25-12)17-15(20)22-2/h11-12,14H,4-10H2,1-3H3,(H,17,20)(H,18,21)/t11-,12+,14-/m1/s1. The zero-order valence-electron chi connectivity index (χ0n) is 15.0. The van der Waals surface area contributed by atoms with Crippen molar-refractivity contribution >= 4 is 29.9 Å². The van der Waals surface area contributed by atoms with Crippen LogP contribution in [0.3, 0.4) is 0 Å². The van der Waals surface area contributed by atoms with Gasteiger partial charge in [-0.2, -0.15) is 11.8 Å². The number of carbonyl (C=O) groups is 3. The lowest BCUT2D eigenvalue weighted by Crippen LogP contribution is -2.53. The lowest BCUT2D eigenvalue weighted by atomic mass is 10.0. The maximum absolute atomic E-state index is 11.6. The highest BCUT2D eigenvalue weighted by atomic mass is 32.2. The summed E-state index contributed by atoms with van der Waals surface area (Å²) in [6.07, 6.45) is 2.55. The number of hydrogen-bond donors (Lipinski definition) is 2. The van der Waals surface area contributed by atoms with Crippen LogP contribution in [0, 0.1) is 0 Å². The van der Waals surface area contributed by atoms with Crippen molar-refractivity contribution in [2.24, 2.45) is 0 Å². The fourth-order valence-electron chi connectivity index (χ4n) is 2.59. The molecule has 1 fully saturated rings. The number of rotatable bonds is 9. The molecule has 0 radical (unpaired) electrons. The summed E-state index contributed by atoms with van der Waals surface area (Å²) in [7, 11) is 2.60. The normalized spacial score (nSPS) is 22.1. The van der Waals surface area contributed by atoms with Crippen LogP contribution in [0.25, 0.3) is 0 Å². The van der Waals surface area contributed by atoms with Crippen LogP contribution >= 0.6 is 11.8 Å². The van der Waals surface area contributed by atoms with Gasteiger partial charge in [0.2, 0.25) is 0 Å². The molecule has 1 rings (SSSR count). The second kappa shape index (κ2) is 11.8. The van der Waals surface area contributed by atoms with Gasteiger partial charge in [0, 0.05) is 17.4 Å². The SMILES string of the molecule is CCCOC(=O)CCCC[C@@H]1SC[C@@H](NC(=O)OC)[C@H]1NC(=O)OC. The number of hydrogen-bond acceptors (Lipinski definition) is 7. The van der Waals surface area contributed by atoms with Crippen molar-refractivity contribution in [1.29, 1.82) is 0 Å². The molecule has 0 saturated carbocycles. The van der Waals surface area contributed by atoms with Crippen molar-refractivity contribution in [3.63, 3.8) is 0 Å². The molecule has 1 aliphatic rings. The number of alkyl carbamates (subject to hydrolysis) is 2. The van der Waals surface area contributed by atoms with E-state index >= 15 is 0 Å². The van der Waals surface area contributed by atoms with Gasteiger partial charge < -0.3 is 24.8 Å². The lowest BCUT2D eigenvalue weighted by Gasteiger charge is -2.24. The molecule has 0 bridgehead atoms. The van der Waals surface area contributed by atoms with Crippen LogP contribution in [0.5, 0.6) is 0 Å². The van der Waals surface area contributed by atoms with Crippen LogP contribution in [-0.4, -0.2) is 62.1 Å². The molecule has 0 aromatic carbocycles. The molecule has 2 amide bonds. The largest absolute Gasteiger partial charge is 0.466 e. The van der Waals surface area contributed by atoms with Crippen molar-refractivity contribution in [1.82, 2.24) is 10.6 Å². The fourth-order valence-corrected chi connectivity index (χ4v) is 4.13. The average molecular weight is 376 g/mol. The Morgan fingerprint density at radius 1 is 1.08 bits per heavy atom. The van der Waals surface area contributed by atoms with Crippen LogP contribution < -0.4 is 10.6 Å². The number of esters is 1. The minimum absolute atomic E-state index is 0.132. The fraction of sp³-hybridized carbons (Fsp3) is 0.812. The summed E-state index contributed by atoms with van der Waals surface area (Å²) in [5.74, 6) is 0.503. The molecule has 0 aromatic heterocycles. The molecule has 144 valence electrons. The second-order valence-corrected chi connectivity index (χ2v) is 7.01.